The number of nitrogens with zero attached hydrogens (tertiary/aromatic N) is 2. The molecule has 6 aromatic rings. The molecule has 0 aliphatic rings. The molecule has 5 aromatic carbocycles. The van der Waals surface area contributed by atoms with Crippen molar-refractivity contribution in [2.45, 2.75) is 98.4 Å². The summed E-state index contributed by atoms with van der Waals surface area (Å²) in [7, 11) is 0. The second-order valence-electron chi connectivity index (χ2n) is 19.3. The summed E-state index contributed by atoms with van der Waals surface area (Å²) in [4.78, 5) is 62.9. The molecule has 0 radical (unpaired) electrons. The quantitative estimate of drug-likeness (QED) is 0.0138. The molecule has 1 unspecified atom stereocenters. The van der Waals surface area contributed by atoms with Gasteiger partial charge in [0.25, 0.3) is 0 Å². The lowest BCUT2D eigenvalue weighted by atomic mass is 9.92. The van der Waals surface area contributed by atoms with Gasteiger partial charge in [-0.3, -0.25) is 0 Å². The molecule has 6 rings (SSSR count). The Balaban J connectivity index is 1.20. The number of aromatic nitrogens is 2. The molecule has 0 saturated carbocycles. The molecular weight excluding hydrogens is 1020 g/mol. The van der Waals surface area contributed by atoms with E-state index in [-0.39, 0.29) is 18.0 Å². The molecule has 80 heavy (non-hydrogen) atoms. The lowest BCUT2D eigenvalue weighted by Crippen LogP contribution is -2.47. The molecule has 1 atom stereocenters. The highest BCUT2D eigenvalue weighted by molar-refractivity contribution is 5.78. The summed E-state index contributed by atoms with van der Waals surface area (Å²) in [6, 6.07) is 42.7. The number of esters is 1. The second-order valence-corrected chi connectivity index (χ2v) is 19.3. The van der Waals surface area contributed by atoms with Gasteiger partial charge in [0.05, 0.1) is 11.4 Å². The van der Waals surface area contributed by atoms with E-state index in [1.54, 1.807) is 12.1 Å². The zero-order chi connectivity index (χ0) is 57.2. The normalized spacial score (nSPS) is 11.7. The molecule has 17 heteroatoms. The van der Waals surface area contributed by atoms with Gasteiger partial charge in [-0.15, -0.1) is 0 Å². The fourth-order valence-corrected chi connectivity index (χ4v) is 8.60. The Labute approximate surface area is 470 Å². The van der Waals surface area contributed by atoms with Crippen LogP contribution < -0.4 is 20.7 Å². The van der Waals surface area contributed by atoms with Crippen molar-refractivity contribution in [3.8, 4) is 67.7 Å². The SMILES string of the molecule is CCCCNC(=O)OCC(COC(=O)NCCCC)(COC(=O)NCCCC(CC)(OCC)OCC)COC(=O)C(C)Oc1ccc(-c2cc(-c3ccc(-c4ccccc4)cc3)nc(-c3ccc(-c4ccccc4)cc3)n2)c(O)c1. The molecule has 17 nitrogen and oxygen atoms in total. The Morgan fingerprint density at radius 2 is 0.975 bits per heavy atom. The number of hydrogen-bond donors (Lipinski definition) is 4. The molecular formula is C63H77N5O12. The molecule has 1 heterocycles. The maximum atomic E-state index is 13.8. The van der Waals surface area contributed by atoms with Crippen molar-refractivity contribution in [2.75, 3.05) is 59.3 Å². The summed E-state index contributed by atoms with van der Waals surface area (Å²) >= 11 is 0. The van der Waals surface area contributed by atoms with Gasteiger partial charge in [-0.05, 0) is 86.9 Å². The smallest absolute Gasteiger partial charge is 0.407 e. The Hall–Kier alpha value is -8.02. The van der Waals surface area contributed by atoms with Crippen LogP contribution in [0.15, 0.2) is 133 Å². The standard InChI is InChI=1S/C63H77N5O12/c1-7-12-36-64-59(71)75-42-62(43-76-60(72)65-37-13-8-2,44-77-61(73)66-38-20-35-63(9-3,78-10-4)79-11-5)41-74-58(70)45(6)80-52-33-34-53(56(69)39-52)55-40-54(50-29-25-48(26-30-50)46-21-16-14-17-22-46)67-57(68-55)51-31-27-49(28-32-51)47-23-18-15-19-24-47/h14-19,21-34,39-40,45,69H,7-13,20,35-38,41-44H2,1-6H3,(H,64,71)(H,65,72)(H,66,73). The van der Waals surface area contributed by atoms with Gasteiger partial charge >= 0.3 is 24.2 Å². The first kappa shape index (κ1) is 61.2. The first-order valence-electron chi connectivity index (χ1n) is 27.7. The topological polar surface area (TPSA) is 215 Å². The zero-order valence-electron chi connectivity index (χ0n) is 46.9. The van der Waals surface area contributed by atoms with Crippen LogP contribution in [0.25, 0.3) is 56.2 Å². The van der Waals surface area contributed by atoms with E-state index in [1.807, 2.05) is 138 Å². The van der Waals surface area contributed by atoms with E-state index < -0.39 is 68.0 Å². The van der Waals surface area contributed by atoms with Crippen molar-refractivity contribution in [1.82, 2.24) is 25.9 Å². The first-order chi connectivity index (χ1) is 38.8. The van der Waals surface area contributed by atoms with Gasteiger partial charge in [-0.25, -0.2) is 29.1 Å². The number of phenols is 1. The molecule has 0 saturated heterocycles. The van der Waals surface area contributed by atoms with Crippen molar-refractivity contribution < 1.29 is 57.4 Å². The maximum absolute atomic E-state index is 13.8. The highest BCUT2D eigenvalue weighted by Gasteiger charge is 2.39. The van der Waals surface area contributed by atoms with E-state index in [0.717, 1.165) is 46.2 Å². The minimum atomic E-state index is -1.58. The zero-order valence-corrected chi connectivity index (χ0v) is 46.9. The predicted molar refractivity (Wildman–Crippen MR) is 308 cm³/mol. The van der Waals surface area contributed by atoms with Crippen LogP contribution in [0.4, 0.5) is 14.4 Å². The molecule has 0 aliphatic heterocycles. The minimum Gasteiger partial charge on any atom is -0.507 e. The lowest BCUT2D eigenvalue weighted by molar-refractivity contribution is -0.238. The van der Waals surface area contributed by atoms with Crippen LogP contribution in [0.1, 0.15) is 86.5 Å². The van der Waals surface area contributed by atoms with Gasteiger partial charge in [-0.1, -0.05) is 143 Å². The summed E-state index contributed by atoms with van der Waals surface area (Å²) < 4.78 is 40.6. The van der Waals surface area contributed by atoms with E-state index in [4.69, 9.17) is 43.1 Å². The van der Waals surface area contributed by atoms with Crippen LogP contribution in [0, 0.1) is 5.41 Å². The predicted octanol–water partition coefficient (Wildman–Crippen LogP) is 12.6. The molecule has 1 aromatic heterocycles. The third-order valence-electron chi connectivity index (χ3n) is 13.2. The molecule has 4 N–H and O–H groups in total. The van der Waals surface area contributed by atoms with E-state index in [1.165, 1.54) is 13.0 Å². The van der Waals surface area contributed by atoms with Crippen LogP contribution in [0.5, 0.6) is 11.5 Å². The van der Waals surface area contributed by atoms with Crippen LogP contribution >= 0.6 is 0 Å². The molecule has 0 aliphatic carbocycles. The third-order valence-corrected chi connectivity index (χ3v) is 13.2. The summed E-state index contributed by atoms with van der Waals surface area (Å²) in [5.74, 6) is -1.23. The Bertz CT molecular complexity index is 2740. The van der Waals surface area contributed by atoms with Crippen molar-refractivity contribution >= 4 is 24.2 Å². The van der Waals surface area contributed by atoms with Gasteiger partial charge in [0.1, 0.15) is 43.3 Å². The number of hydrogen-bond acceptors (Lipinski definition) is 14. The number of aromatic hydroxyl groups is 1. The number of phenolic OH excluding ortho intramolecular Hbond substituents is 1. The Morgan fingerprint density at radius 3 is 1.45 bits per heavy atom. The monoisotopic (exact) mass is 1100 g/mol. The van der Waals surface area contributed by atoms with E-state index in [0.29, 0.717) is 81.2 Å². The number of carbonyl (C=O) groups excluding carboxylic acids is 4. The van der Waals surface area contributed by atoms with Gasteiger partial charge in [-0.2, -0.15) is 0 Å². The summed E-state index contributed by atoms with van der Waals surface area (Å²) in [5, 5.41) is 19.7. The number of alkyl carbamates (subject to hydrolysis) is 3. The summed E-state index contributed by atoms with van der Waals surface area (Å²) in [5.41, 5.74) is 5.74. The highest BCUT2D eigenvalue weighted by Crippen LogP contribution is 2.36. The van der Waals surface area contributed by atoms with Crippen molar-refractivity contribution in [3.63, 3.8) is 0 Å². The van der Waals surface area contributed by atoms with Gasteiger partial charge in [0, 0.05) is 62.0 Å². The van der Waals surface area contributed by atoms with E-state index in [2.05, 4.69) is 28.1 Å². The van der Waals surface area contributed by atoms with Crippen molar-refractivity contribution in [3.05, 3.63) is 133 Å². The fraction of sp³-hybridized carbons (Fsp3) is 0.397. The number of ether oxygens (including phenoxy) is 7. The van der Waals surface area contributed by atoms with Gasteiger partial charge in [0.2, 0.25) is 0 Å². The van der Waals surface area contributed by atoms with Crippen molar-refractivity contribution in [1.29, 1.82) is 0 Å². The Morgan fingerprint density at radius 1 is 0.525 bits per heavy atom. The maximum Gasteiger partial charge on any atom is 0.407 e. The van der Waals surface area contributed by atoms with Crippen LogP contribution in [0.2, 0.25) is 0 Å². The number of amides is 3. The number of benzene rings is 5. The van der Waals surface area contributed by atoms with Gasteiger partial charge < -0.3 is 54.2 Å². The number of nitrogens with one attached hydrogen (secondary N) is 3. The lowest BCUT2D eigenvalue weighted by Gasteiger charge is -2.32. The molecule has 0 bridgehead atoms. The van der Waals surface area contributed by atoms with E-state index in [9.17, 15) is 24.3 Å². The average molecular weight is 1100 g/mol. The number of rotatable bonds is 31. The number of carbonyl (C=O) groups is 4. The minimum absolute atomic E-state index is 0.141. The fourth-order valence-electron chi connectivity index (χ4n) is 8.60. The van der Waals surface area contributed by atoms with Crippen LogP contribution in [-0.4, -0.2) is 110 Å². The van der Waals surface area contributed by atoms with Crippen LogP contribution in [0.3, 0.4) is 0 Å². The number of unbranched alkanes of at least 4 members (excludes halogenated alkanes) is 2. The molecule has 3 amide bonds. The first-order valence-corrected chi connectivity index (χ1v) is 27.7. The van der Waals surface area contributed by atoms with E-state index >= 15 is 0 Å². The molecule has 426 valence electrons. The highest BCUT2D eigenvalue weighted by atomic mass is 16.7. The third kappa shape index (κ3) is 18.5. The largest absolute Gasteiger partial charge is 0.507 e. The summed E-state index contributed by atoms with van der Waals surface area (Å²) in [6.07, 6.45) is 1.09. The second kappa shape index (κ2) is 31.5. The molecule has 0 spiro atoms. The van der Waals surface area contributed by atoms with Crippen LogP contribution in [-0.2, 0) is 33.2 Å². The summed E-state index contributed by atoms with van der Waals surface area (Å²) in [6.45, 7) is 11.0. The van der Waals surface area contributed by atoms with Gasteiger partial charge in [0.15, 0.2) is 17.7 Å². The molecule has 0 fully saturated rings. The van der Waals surface area contributed by atoms with Crippen molar-refractivity contribution in [2.24, 2.45) is 5.41 Å². The Kier molecular flexibility index (Phi) is 24.1. The average Bonchev–Trinajstić information content (AvgIpc) is 3.49.